The lowest BCUT2D eigenvalue weighted by Crippen LogP contribution is -2.35. The zero-order valence-electron chi connectivity index (χ0n) is 10.4. The van der Waals surface area contributed by atoms with Gasteiger partial charge in [0.1, 0.15) is 0 Å². The molecule has 17 heavy (non-hydrogen) atoms. The molecule has 1 saturated heterocycles. The lowest BCUT2D eigenvalue weighted by Gasteiger charge is -2.27. The Morgan fingerprint density at radius 1 is 1.59 bits per heavy atom. The van der Waals surface area contributed by atoms with E-state index < -0.39 is 0 Å². The van der Waals surface area contributed by atoms with Gasteiger partial charge in [-0.1, -0.05) is 19.0 Å². The maximum atomic E-state index is 11.4. The molecular formula is C11H18N4O2. The van der Waals surface area contributed by atoms with Crippen molar-refractivity contribution in [3.63, 3.8) is 0 Å². The van der Waals surface area contributed by atoms with Crippen molar-refractivity contribution >= 4 is 5.91 Å². The van der Waals surface area contributed by atoms with Crippen molar-refractivity contribution in [3.05, 3.63) is 11.7 Å². The molecule has 1 unspecified atom stereocenters. The first-order valence-corrected chi connectivity index (χ1v) is 5.87. The standard InChI is InChI=1S/C11H18N4O2/c1-7(2)11(4-5-13-6-11)10-14-8(15-17-10)9(16)12-3/h7,13H,4-6H2,1-3H3,(H,12,16). The third-order valence-electron chi connectivity index (χ3n) is 3.58. The molecule has 1 aromatic rings. The second-order valence-electron chi connectivity index (χ2n) is 4.74. The summed E-state index contributed by atoms with van der Waals surface area (Å²) < 4.78 is 5.27. The molecule has 0 spiro atoms. The molecule has 1 amide bonds. The minimum absolute atomic E-state index is 0.106. The average molecular weight is 238 g/mol. The van der Waals surface area contributed by atoms with Gasteiger partial charge in [0, 0.05) is 13.6 Å². The Morgan fingerprint density at radius 3 is 2.88 bits per heavy atom. The summed E-state index contributed by atoms with van der Waals surface area (Å²) in [4.78, 5) is 15.6. The molecular weight excluding hydrogens is 220 g/mol. The predicted octanol–water partition coefficient (Wildman–Crippen LogP) is 0.316. The van der Waals surface area contributed by atoms with Crippen molar-refractivity contribution < 1.29 is 9.32 Å². The van der Waals surface area contributed by atoms with E-state index in [1.165, 1.54) is 0 Å². The Morgan fingerprint density at radius 2 is 2.35 bits per heavy atom. The average Bonchev–Trinajstić information content (AvgIpc) is 2.96. The van der Waals surface area contributed by atoms with E-state index in [0.29, 0.717) is 11.8 Å². The smallest absolute Gasteiger partial charge is 0.292 e. The molecule has 94 valence electrons. The summed E-state index contributed by atoms with van der Waals surface area (Å²) in [6, 6.07) is 0. The fourth-order valence-corrected chi connectivity index (χ4v) is 2.26. The van der Waals surface area contributed by atoms with Crippen LogP contribution in [0.1, 0.15) is 36.8 Å². The van der Waals surface area contributed by atoms with Gasteiger partial charge in [0.15, 0.2) is 0 Å². The number of hydrogen-bond donors (Lipinski definition) is 2. The third kappa shape index (κ3) is 1.93. The molecule has 0 aliphatic carbocycles. The summed E-state index contributed by atoms with van der Waals surface area (Å²) >= 11 is 0. The zero-order chi connectivity index (χ0) is 12.5. The van der Waals surface area contributed by atoms with E-state index in [2.05, 4.69) is 34.6 Å². The molecule has 6 heteroatoms. The predicted molar refractivity (Wildman–Crippen MR) is 61.7 cm³/mol. The number of carbonyl (C=O) groups excluding carboxylic acids is 1. The highest BCUT2D eigenvalue weighted by Gasteiger charge is 2.43. The van der Waals surface area contributed by atoms with Crippen LogP contribution in [-0.4, -0.2) is 36.2 Å². The summed E-state index contributed by atoms with van der Waals surface area (Å²) in [6.45, 7) is 6.03. The van der Waals surface area contributed by atoms with E-state index >= 15 is 0 Å². The molecule has 2 rings (SSSR count). The van der Waals surface area contributed by atoms with Crippen LogP contribution in [0, 0.1) is 5.92 Å². The van der Waals surface area contributed by atoms with Gasteiger partial charge in [-0.25, -0.2) is 0 Å². The maximum absolute atomic E-state index is 11.4. The van der Waals surface area contributed by atoms with Gasteiger partial charge in [0.2, 0.25) is 5.89 Å². The van der Waals surface area contributed by atoms with Crippen LogP contribution in [0.4, 0.5) is 0 Å². The second-order valence-corrected chi connectivity index (χ2v) is 4.74. The largest absolute Gasteiger partial charge is 0.352 e. The van der Waals surface area contributed by atoms with Gasteiger partial charge in [-0.3, -0.25) is 4.79 Å². The number of hydrogen-bond acceptors (Lipinski definition) is 5. The van der Waals surface area contributed by atoms with Crippen LogP contribution in [0.25, 0.3) is 0 Å². The maximum Gasteiger partial charge on any atom is 0.292 e. The van der Waals surface area contributed by atoms with Gasteiger partial charge >= 0.3 is 0 Å². The molecule has 0 saturated carbocycles. The van der Waals surface area contributed by atoms with E-state index in [1.807, 2.05) is 0 Å². The lowest BCUT2D eigenvalue weighted by molar-refractivity contribution is 0.0950. The molecule has 1 aliphatic rings. The van der Waals surface area contributed by atoms with E-state index in [4.69, 9.17) is 4.52 Å². The summed E-state index contributed by atoms with van der Waals surface area (Å²) in [5, 5.41) is 9.54. The zero-order valence-corrected chi connectivity index (χ0v) is 10.4. The fraction of sp³-hybridized carbons (Fsp3) is 0.727. The van der Waals surface area contributed by atoms with E-state index in [1.54, 1.807) is 7.05 Å². The van der Waals surface area contributed by atoms with Gasteiger partial charge < -0.3 is 15.2 Å². The molecule has 6 nitrogen and oxygen atoms in total. The number of aromatic nitrogens is 2. The van der Waals surface area contributed by atoms with Crippen LogP contribution < -0.4 is 10.6 Å². The molecule has 0 aromatic carbocycles. The molecule has 2 N–H and O–H groups in total. The molecule has 1 atom stereocenters. The van der Waals surface area contributed by atoms with Crippen LogP contribution in [-0.2, 0) is 5.41 Å². The number of nitrogens with one attached hydrogen (secondary N) is 2. The van der Waals surface area contributed by atoms with Gasteiger partial charge in [0.05, 0.1) is 5.41 Å². The SMILES string of the molecule is CNC(=O)c1noc(C2(C(C)C)CCNC2)n1. The topological polar surface area (TPSA) is 80.0 Å². The van der Waals surface area contributed by atoms with Gasteiger partial charge in [-0.05, 0) is 18.9 Å². The Hall–Kier alpha value is -1.43. The number of carbonyl (C=O) groups is 1. The minimum Gasteiger partial charge on any atom is -0.352 e. The van der Waals surface area contributed by atoms with E-state index in [-0.39, 0.29) is 17.1 Å². The lowest BCUT2D eigenvalue weighted by atomic mass is 9.76. The summed E-state index contributed by atoms with van der Waals surface area (Å²) in [6.07, 6.45) is 0.958. The van der Waals surface area contributed by atoms with Gasteiger partial charge in [0.25, 0.3) is 11.7 Å². The highest BCUT2D eigenvalue weighted by atomic mass is 16.5. The van der Waals surface area contributed by atoms with Crippen LogP contribution in [0.15, 0.2) is 4.52 Å². The Bertz CT molecular complexity index is 407. The van der Waals surface area contributed by atoms with Crippen molar-refractivity contribution in [3.8, 4) is 0 Å². The van der Waals surface area contributed by atoms with Crippen molar-refractivity contribution in [2.45, 2.75) is 25.7 Å². The normalized spacial score (nSPS) is 24.2. The number of amides is 1. The summed E-state index contributed by atoms with van der Waals surface area (Å²) in [5.41, 5.74) is -0.140. The number of nitrogens with zero attached hydrogens (tertiary/aromatic N) is 2. The van der Waals surface area contributed by atoms with Gasteiger partial charge in [-0.2, -0.15) is 4.98 Å². The highest BCUT2D eigenvalue weighted by molar-refractivity contribution is 5.89. The summed E-state index contributed by atoms with van der Waals surface area (Å²) in [5.74, 6) is 0.742. The Kier molecular flexibility index (Phi) is 3.15. The quantitative estimate of drug-likeness (QED) is 0.792. The van der Waals surface area contributed by atoms with Gasteiger partial charge in [-0.15, -0.1) is 0 Å². The van der Waals surface area contributed by atoms with E-state index in [0.717, 1.165) is 19.5 Å². The second kappa shape index (κ2) is 4.44. The number of rotatable bonds is 3. The fourth-order valence-electron chi connectivity index (χ4n) is 2.26. The van der Waals surface area contributed by atoms with Crippen LogP contribution >= 0.6 is 0 Å². The van der Waals surface area contributed by atoms with Crippen LogP contribution in [0.5, 0.6) is 0 Å². The molecule has 1 fully saturated rings. The first-order valence-electron chi connectivity index (χ1n) is 5.87. The van der Waals surface area contributed by atoms with Crippen LogP contribution in [0.2, 0.25) is 0 Å². The highest BCUT2D eigenvalue weighted by Crippen LogP contribution is 2.36. The van der Waals surface area contributed by atoms with Crippen molar-refractivity contribution in [1.82, 2.24) is 20.8 Å². The van der Waals surface area contributed by atoms with Crippen molar-refractivity contribution in [2.75, 3.05) is 20.1 Å². The van der Waals surface area contributed by atoms with Crippen molar-refractivity contribution in [2.24, 2.45) is 5.92 Å². The molecule has 0 radical (unpaired) electrons. The van der Waals surface area contributed by atoms with Crippen molar-refractivity contribution in [1.29, 1.82) is 0 Å². The Labute approximate surface area is 100 Å². The van der Waals surface area contributed by atoms with Crippen LogP contribution in [0.3, 0.4) is 0 Å². The van der Waals surface area contributed by atoms with E-state index in [9.17, 15) is 4.79 Å². The molecule has 1 aliphatic heterocycles. The Balaban J connectivity index is 2.32. The molecule has 1 aromatic heterocycles. The minimum atomic E-state index is -0.315. The summed E-state index contributed by atoms with van der Waals surface area (Å²) in [7, 11) is 1.55. The first-order chi connectivity index (χ1) is 8.10. The first kappa shape index (κ1) is 12.0. The molecule has 2 heterocycles. The monoisotopic (exact) mass is 238 g/mol. The molecule has 0 bridgehead atoms. The third-order valence-corrected chi connectivity index (χ3v) is 3.58.